The van der Waals surface area contributed by atoms with Gasteiger partial charge in [0.15, 0.2) is 6.10 Å². The predicted molar refractivity (Wildman–Crippen MR) is 61.6 cm³/mol. The molecule has 1 heterocycles. The van der Waals surface area contributed by atoms with Crippen molar-refractivity contribution in [3.63, 3.8) is 0 Å². The number of aliphatic hydroxyl groups excluding tert-OH is 1. The van der Waals surface area contributed by atoms with Crippen LogP contribution in [0.1, 0.15) is 20.3 Å². The van der Waals surface area contributed by atoms with E-state index in [9.17, 15) is 9.59 Å². The summed E-state index contributed by atoms with van der Waals surface area (Å²) in [4.78, 5) is 23.7. The molecule has 0 aromatic rings. The van der Waals surface area contributed by atoms with Crippen LogP contribution in [-0.2, 0) is 4.79 Å². The number of hydrogen-bond acceptors (Lipinski definition) is 3. The number of carbonyl (C=O) groups excluding carboxylic acids is 1. The maximum absolute atomic E-state index is 11.7. The molecule has 2 atom stereocenters. The summed E-state index contributed by atoms with van der Waals surface area (Å²) < 4.78 is 0. The molecule has 6 heteroatoms. The van der Waals surface area contributed by atoms with E-state index in [4.69, 9.17) is 10.2 Å². The molecule has 0 radical (unpaired) electrons. The highest BCUT2D eigenvalue weighted by Gasteiger charge is 2.28. The van der Waals surface area contributed by atoms with Crippen LogP contribution in [0.3, 0.4) is 0 Å². The molecule has 0 aromatic carbocycles. The van der Waals surface area contributed by atoms with E-state index in [-0.39, 0.29) is 12.6 Å². The number of carboxylic acids is 1. The van der Waals surface area contributed by atoms with E-state index in [1.807, 2.05) is 0 Å². The lowest BCUT2D eigenvalue weighted by atomic mass is 9.95. The highest BCUT2D eigenvalue weighted by Crippen LogP contribution is 2.23. The molecule has 6 nitrogen and oxygen atoms in total. The Morgan fingerprint density at radius 2 is 2.12 bits per heavy atom. The third-order valence-corrected chi connectivity index (χ3v) is 3.19. The SMILES string of the molecule is CC(C)C1CCN(C(=O)NC[C@H](O)C(=O)O)C1. The van der Waals surface area contributed by atoms with Crippen LogP contribution < -0.4 is 5.32 Å². The van der Waals surface area contributed by atoms with Gasteiger partial charge in [-0.25, -0.2) is 9.59 Å². The van der Waals surface area contributed by atoms with E-state index in [1.54, 1.807) is 4.90 Å². The van der Waals surface area contributed by atoms with Gasteiger partial charge >= 0.3 is 12.0 Å². The molecule has 1 unspecified atom stereocenters. The van der Waals surface area contributed by atoms with E-state index in [1.165, 1.54) is 0 Å². The number of nitrogens with one attached hydrogen (secondary N) is 1. The standard InChI is InChI=1S/C11H20N2O4/c1-7(2)8-3-4-13(6-8)11(17)12-5-9(14)10(15)16/h7-9,14H,3-6H2,1-2H3,(H,12,17)(H,15,16)/t8?,9-/m0/s1. The van der Waals surface area contributed by atoms with Gasteiger partial charge in [-0.3, -0.25) is 0 Å². The number of nitrogens with zero attached hydrogens (tertiary/aromatic N) is 1. The molecule has 1 aliphatic heterocycles. The van der Waals surface area contributed by atoms with Crippen LogP contribution in [0.5, 0.6) is 0 Å². The van der Waals surface area contributed by atoms with Gasteiger partial charge in [-0.1, -0.05) is 13.8 Å². The Kier molecular flexibility index (Phi) is 4.74. The second-order valence-corrected chi connectivity index (χ2v) is 4.78. The lowest BCUT2D eigenvalue weighted by Crippen LogP contribution is -2.43. The average molecular weight is 244 g/mol. The number of likely N-dealkylation sites (tertiary alicyclic amines) is 1. The summed E-state index contributed by atoms with van der Waals surface area (Å²) in [7, 11) is 0. The number of rotatable bonds is 4. The molecule has 0 spiro atoms. The molecule has 0 saturated carbocycles. The Morgan fingerprint density at radius 1 is 1.47 bits per heavy atom. The lowest BCUT2D eigenvalue weighted by Gasteiger charge is -2.19. The average Bonchev–Trinajstić information content (AvgIpc) is 2.74. The lowest BCUT2D eigenvalue weighted by molar-refractivity contribution is -0.146. The van der Waals surface area contributed by atoms with Crippen molar-refractivity contribution in [2.45, 2.75) is 26.4 Å². The maximum atomic E-state index is 11.7. The topological polar surface area (TPSA) is 89.9 Å². The molecule has 2 amide bonds. The van der Waals surface area contributed by atoms with E-state index in [2.05, 4.69) is 19.2 Å². The van der Waals surface area contributed by atoms with Gasteiger partial charge in [-0.15, -0.1) is 0 Å². The van der Waals surface area contributed by atoms with Crippen LogP contribution in [0.2, 0.25) is 0 Å². The van der Waals surface area contributed by atoms with Gasteiger partial charge in [0.1, 0.15) is 0 Å². The highest BCUT2D eigenvalue weighted by atomic mass is 16.4. The van der Waals surface area contributed by atoms with Crippen molar-refractivity contribution in [2.24, 2.45) is 11.8 Å². The normalized spacial score (nSPS) is 21.6. The summed E-state index contributed by atoms with van der Waals surface area (Å²) in [5.41, 5.74) is 0. The summed E-state index contributed by atoms with van der Waals surface area (Å²) in [5, 5.41) is 19.9. The number of urea groups is 1. The van der Waals surface area contributed by atoms with E-state index >= 15 is 0 Å². The van der Waals surface area contributed by atoms with Gasteiger partial charge in [0.25, 0.3) is 0 Å². The van der Waals surface area contributed by atoms with E-state index < -0.39 is 12.1 Å². The third-order valence-electron chi connectivity index (χ3n) is 3.19. The van der Waals surface area contributed by atoms with Gasteiger partial charge in [-0.2, -0.15) is 0 Å². The fourth-order valence-electron chi connectivity index (χ4n) is 1.90. The van der Waals surface area contributed by atoms with Gasteiger partial charge in [0.2, 0.25) is 0 Å². The molecule has 0 aliphatic carbocycles. The van der Waals surface area contributed by atoms with Crippen LogP contribution in [0.25, 0.3) is 0 Å². The predicted octanol–water partition coefficient (Wildman–Crippen LogP) is 0.119. The first-order valence-electron chi connectivity index (χ1n) is 5.85. The zero-order valence-corrected chi connectivity index (χ0v) is 10.2. The minimum atomic E-state index is -1.54. The summed E-state index contributed by atoms with van der Waals surface area (Å²) in [6.07, 6.45) is -0.561. The highest BCUT2D eigenvalue weighted by molar-refractivity contribution is 5.77. The second kappa shape index (κ2) is 5.86. The van der Waals surface area contributed by atoms with E-state index in [0.717, 1.165) is 6.42 Å². The summed E-state index contributed by atoms with van der Waals surface area (Å²) in [6, 6.07) is -0.298. The maximum Gasteiger partial charge on any atom is 0.334 e. The summed E-state index contributed by atoms with van der Waals surface area (Å²) in [6.45, 7) is 5.39. The Hall–Kier alpha value is -1.30. The number of hydrogen-bond donors (Lipinski definition) is 3. The minimum Gasteiger partial charge on any atom is -0.479 e. The van der Waals surface area contributed by atoms with Gasteiger partial charge in [0, 0.05) is 13.1 Å². The first-order valence-corrected chi connectivity index (χ1v) is 5.85. The molecule has 1 saturated heterocycles. The van der Waals surface area contributed by atoms with Crippen molar-refractivity contribution in [3.05, 3.63) is 0 Å². The van der Waals surface area contributed by atoms with Gasteiger partial charge < -0.3 is 20.4 Å². The Morgan fingerprint density at radius 3 is 2.59 bits per heavy atom. The zero-order chi connectivity index (χ0) is 13.0. The minimum absolute atomic E-state index is 0.253. The Bertz CT molecular complexity index is 293. The fourth-order valence-corrected chi connectivity index (χ4v) is 1.90. The number of carboxylic acid groups (broad SMARTS) is 1. The molecule has 0 bridgehead atoms. The first-order chi connectivity index (χ1) is 7.91. The number of aliphatic carboxylic acids is 1. The quantitative estimate of drug-likeness (QED) is 0.655. The molecule has 0 aromatic heterocycles. The monoisotopic (exact) mass is 244 g/mol. The van der Waals surface area contributed by atoms with Crippen LogP contribution in [0, 0.1) is 11.8 Å². The summed E-state index contributed by atoms with van der Waals surface area (Å²) in [5.74, 6) is -0.283. The van der Waals surface area contributed by atoms with Gasteiger partial charge in [-0.05, 0) is 18.3 Å². The van der Waals surface area contributed by atoms with Crippen molar-refractivity contribution in [1.29, 1.82) is 0 Å². The van der Waals surface area contributed by atoms with Crippen LogP contribution in [-0.4, -0.2) is 52.9 Å². The first kappa shape index (κ1) is 13.8. The van der Waals surface area contributed by atoms with Gasteiger partial charge in [0.05, 0.1) is 6.54 Å². The van der Waals surface area contributed by atoms with Crippen molar-refractivity contribution in [3.8, 4) is 0 Å². The van der Waals surface area contributed by atoms with Crippen molar-refractivity contribution in [1.82, 2.24) is 10.2 Å². The molecule has 17 heavy (non-hydrogen) atoms. The van der Waals surface area contributed by atoms with E-state index in [0.29, 0.717) is 24.9 Å². The van der Waals surface area contributed by atoms with Crippen LogP contribution in [0.15, 0.2) is 0 Å². The number of amides is 2. The molecular formula is C11H20N2O4. The molecule has 3 N–H and O–H groups in total. The molecule has 98 valence electrons. The Balaban J connectivity index is 2.32. The van der Waals surface area contributed by atoms with Crippen LogP contribution >= 0.6 is 0 Å². The molecule has 1 aliphatic rings. The largest absolute Gasteiger partial charge is 0.479 e. The molecule has 1 fully saturated rings. The third kappa shape index (κ3) is 3.89. The van der Waals surface area contributed by atoms with Crippen molar-refractivity contribution >= 4 is 12.0 Å². The molecular weight excluding hydrogens is 224 g/mol. The fraction of sp³-hybridized carbons (Fsp3) is 0.818. The second-order valence-electron chi connectivity index (χ2n) is 4.78. The van der Waals surface area contributed by atoms with Crippen LogP contribution in [0.4, 0.5) is 4.79 Å². The Labute approximate surface area is 101 Å². The smallest absolute Gasteiger partial charge is 0.334 e. The van der Waals surface area contributed by atoms with Crippen molar-refractivity contribution in [2.75, 3.05) is 19.6 Å². The zero-order valence-electron chi connectivity index (χ0n) is 10.2. The number of carbonyl (C=O) groups is 2. The molecule has 1 rings (SSSR count). The summed E-state index contributed by atoms with van der Waals surface area (Å²) >= 11 is 0. The van der Waals surface area contributed by atoms with Crippen molar-refractivity contribution < 1.29 is 19.8 Å². The number of aliphatic hydroxyl groups is 1.